The molecule has 0 aliphatic carbocycles. The van der Waals surface area contributed by atoms with Crippen molar-refractivity contribution in [2.45, 2.75) is 39.5 Å². The highest BCUT2D eigenvalue weighted by molar-refractivity contribution is 5.73. The lowest BCUT2D eigenvalue weighted by molar-refractivity contribution is -0.129. The number of nitrogens with one attached hydrogen (secondary N) is 1. The molecule has 0 saturated carbocycles. The van der Waals surface area contributed by atoms with E-state index in [0.29, 0.717) is 5.92 Å². The summed E-state index contributed by atoms with van der Waals surface area (Å²) in [6.07, 6.45) is 5.61. The number of nitrogens with zero attached hydrogens (tertiary/aromatic N) is 4. The van der Waals surface area contributed by atoms with Crippen LogP contribution in [0.2, 0.25) is 0 Å². The van der Waals surface area contributed by atoms with Crippen LogP contribution in [0.5, 0.6) is 0 Å². The quantitative estimate of drug-likeness (QED) is 0.922. The minimum atomic E-state index is 0.158. The first-order valence-electron chi connectivity index (χ1n) is 7.65. The van der Waals surface area contributed by atoms with Crippen LogP contribution in [0.1, 0.15) is 42.8 Å². The van der Waals surface area contributed by atoms with E-state index in [1.54, 1.807) is 6.92 Å². The number of rotatable bonds is 2. The van der Waals surface area contributed by atoms with Crippen LogP contribution in [0, 0.1) is 13.8 Å². The molecular formula is C16H21N5O. The van der Waals surface area contributed by atoms with Gasteiger partial charge in [-0.3, -0.25) is 19.9 Å². The molecule has 2 aromatic rings. The van der Waals surface area contributed by atoms with E-state index in [1.165, 1.54) is 0 Å². The molecule has 22 heavy (non-hydrogen) atoms. The summed E-state index contributed by atoms with van der Waals surface area (Å²) in [5, 5.41) is 7.17. The average molecular weight is 299 g/mol. The molecule has 0 atom stereocenters. The number of likely N-dealkylation sites (tertiary alicyclic amines) is 1. The van der Waals surface area contributed by atoms with Crippen molar-refractivity contribution in [3.63, 3.8) is 0 Å². The molecule has 3 heterocycles. The van der Waals surface area contributed by atoms with Crippen molar-refractivity contribution in [3.8, 4) is 11.3 Å². The van der Waals surface area contributed by atoms with Crippen LogP contribution in [-0.4, -0.2) is 44.1 Å². The fourth-order valence-corrected chi connectivity index (χ4v) is 3.10. The maximum absolute atomic E-state index is 11.4. The average Bonchev–Trinajstić information content (AvgIpc) is 2.86. The number of carbonyl (C=O) groups excluding carboxylic acids is 1. The van der Waals surface area contributed by atoms with Crippen molar-refractivity contribution in [1.29, 1.82) is 0 Å². The SMILES string of the molecule is CC(=O)N1CCC(c2cnc(-c3c(C)n[nH]c3C)cn2)CC1. The van der Waals surface area contributed by atoms with Gasteiger partial charge in [-0.2, -0.15) is 5.10 Å². The zero-order valence-electron chi connectivity index (χ0n) is 13.3. The highest BCUT2D eigenvalue weighted by Crippen LogP contribution is 2.28. The van der Waals surface area contributed by atoms with Gasteiger partial charge in [0.2, 0.25) is 5.91 Å². The zero-order valence-corrected chi connectivity index (χ0v) is 13.3. The van der Waals surface area contributed by atoms with Crippen molar-refractivity contribution >= 4 is 5.91 Å². The molecule has 0 unspecified atom stereocenters. The fourth-order valence-electron chi connectivity index (χ4n) is 3.10. The first-order chi connectivity index (χ1) is 10.6. The van der Waals surface area contributed by atoms with Crippen molar-refractivity contribution < 1.29 is 4.79 Å². The van der Waals surface area contributed by atoms with Gasteiger partial charge in [-0.25, -0.2) is 0 Å². The Morgan fingerprint density at radius 2 is 1.95 bits per heavy atom. The maximum atomic E-state index is 11.4. The van der Waals surface area contributed by atoms with Gasteiger partial charge in [0.15, 0.2) is 0 Å². The Morgan fingerprint density at radius 1 is 1.23 bits per heavy atom. The van der Waals surface area contributed by atoms with E-state index in [9.17, 15) is 4.79 Å². The van der Waals surface area contributed by atoms with Crippen molar-refractivity contribution in [2.24, 2.45) is 0 Å². The van der Waals surface area contributed by atoms with Crippen LogP contribution in [-0.2, 0) is 4.79 Å². The normalized spacial score (nSPS) is 16.0. The molecule has 2 aromatic heterocycles. The molecule has 3 rings (SSSR count). The number of amides is 1. The van der Waals surface area contributed by atoms with Gasteiger partial charge < -0.3 is 4.90 Å². The number of aromatic nitrogens is 4. The minimum absolute atomic E-state index is 0.158. The molecule has 0 spiro atoms. The molecule has 1 N–H and O–H groups in total. The first-order valence-corrected chi connectivity index (χ1v) is 7.65. The number of piperidine rings is 1. The Balaban J connectivity index is 1.74. The van der Waals surface area contributed by atoms with Gasteiger partial charge in [-0.05, 0) is 26.7 Å². The summed E-state index contributed by atoms with van der Waals surface area (Å²) < 4.78 is 0. The van der Waals surface area contributed by atoms with Crippen LogP contribution >= 0.6 is 0 Å². The molecular weight excluding hydrogens is 278 g/mol. The summed E-state index contributed by atoms with van der Waals surface area (Å²) in [5.41, 5.74) is 4.86. The lowest BCUT2D eigenvalue weighted by Gasteiger charge is -2.30. The highest BCUT2D eigenvalue weighted by Gasteiger charge is 2.23. The van der Waals surface area contributed by atoms with Crippen LogP contribution in [0.4, 0.5) is 0 Å². The molecule has 6 nitrogen and oxygen atoms in total. The van der Waals surface area contributed by atoms with E-state index < -0.39 is 0 Å². The second kappa shape index (κ2) is 5.87. The summed E-state index contributed by atoms with van der Waals surface area (Å²) in [6.45, 7) is 7.20. The molecule has 0 radical (unpaired) electrons. The molecule has 6 heteroatoms. The summed E-state index contributed by atoms with van der Waals surface area (Å²) in [7, 11) is 0. The third-order valence-electron chi connectivity index (χ3n) is 4.41. The molecule has 0 aromatic carbocycles. The van der Waals surface area contributed by atoms with Crippen molar-refractivity contribution in [3.05, 3.63) is 29.5 Å². The molecule has 1 saturated heterocycles. The Kier molecular flexibility index (Phi) is 3.92. The number of hydrogen-bond acceptors (Lipinski definition) is 4. The zero-order chi connectivity index (χ0) is 15.7. The van der Waals surface area contributed by atoms with Gasteiger partial charge >= 0.3 is 0 Å². The maximum Gasteiger partial charge on any atom is 0.219 e. The Labute approximate surface area is 130 Å². The molecule has 1 amide bonds. The molecule has 1 fully saturated rings. The highest BCUT2D eigenvalue weighted by atomic mass is 16.2. The number of hydrogen-bond donors (Lipinski definition) is 1. The first kappa shape index (κ1) is 14.7. The van der Waals surface area contributed by atoms with Crippen LogP contribution in [0.25, 0.3) is 11.3 Å². The number of H-pyrrole nitrogens is 1. The lowest BCUT2D eigenvalue weighted by Crippen LogP contribution is -2.36. The smallest absolute Gasteiger partial charge is 0.219 e. The summed E-state index contributed by atoms with van der Waals surface area (Å²) in [5.74, 6) is 0.550. The van der Waals surface area contributed by atoms with E-state index >= 15 is 0 Å². The fraction of sp³-hybridized carbons (Fsp3) is 0.500. The second-order valence-corrected chi connectivity index (χ2v) is 5.92. The third-order valence-corrected chi connectivity index (χ3v) is 4.41. The molecule has 0 bridgehead atoms. The summed E-state index contributed by atoms with van der Waals surface area (Å²) in [4.78, 5) is 22.4. The van der Waals surface area contributed by atoms with Crippen molar-refractivity contribution in [1.82, 2.24) is 25.1 Å². The molecule has 1 aliphatic heterocycles. The van der Waals surface area contributed by atoms with Gasteiger partial charge in [0, 0.05) is 43.4 Å². The molecule has 1 aliphatic rings. The van der Waals surface area contributed by atoms with E-state index in [-0.39, 0.29) is 5.91 Å². The number of aromatic amines is 1. The summed E-state index contributed by atoms with van der Waals surface area (Å²) >= 11 is 0. The van der Waals surface area contributed by atoms with Crippen molar-refractivity contribution in [2.75, 3.05) is 13.1 Å². The topological polar surface area (TPSA) is 74.8 Å². The van der Waals surface area contributed by atoms with Crippen LogP contribution in [0.15, 0.2) is 12.4 Å². The minimum Gasteiger partial charge on any atom is -0.343 e. The standard InChI is InChI=1S/C16H21N5O/c1-10-16(11(2)20-19-10)15-9-17-14(8-18-15)13-4-6-21(7-5-13)12(3)22/h8-9,13H,4-7H2,1-3H3,(H,19,20). The van der Waals surface area contributed by atoms with Gasteiger partial charge in [0.25, 0.3) is 0 Å². The van der Waals surface area contributed by atoms with Gasteiger partial charge in [-0.1, -0.05) is 0 Å². The predicted octanol–water partition coefficient (Wildman–Crippen LogP) is 2.21. The monoisotopic (exact) mass is 299 g/mol. The van der Waals surface area contributed by atoms with Crippen LogP contribution < -0.4 is 0 Å². The van der Waals surface area contributed by atoms with E-state index in [0.717, 1.165) is 54.3 Å². The largest absolute Gasteiger partial charge is 0.343 e. The van der Waals surface area contributed by atoms with Gasteiger partial charge in [-0.15, -0.1) is 0 Å². The molecule has 116 valence electrons. The van der Waals surface area contributed by atoms with Gasteiger partial charge in [0.1, 0.15) is 0 Å². The Morgan fingerprint density at radius 3 is 2.45 bits per heavy atom. The number of aryl methyl sites for hydroxylation is 2. The lowest BCUT2D eigenvalue weighted by atomic mass is 9.93. The third kappa shape index (κ3) is 2.73. The predicted molar refractivity (Wildman–Crippen MR) is 83.3 cm³/mol. The van der Waals surface area contributed by atoms with Gasteiger partial charge in [0.05, 0.1) is 23.3 Å². The second-order valence-electron chi connectivity index (χ2n) is 5.92. The van der Waals surface area contributed by atoms with E-state index in [1.807, 2.05) is 31.1 Å². The Hall–Kier alpha value is -2.24. The number of carbonyl (C=O) groups is 1. The van der Waals surface area contributed by atoms with E-state index in [2.05, 4.69) is 20.2 Å². The van der Waals surface area contributed by atoms with Crippen LogP contribution in [0.3, 0.4) is 0 Å². The van der Waals surface area contributed by atoms with E-state index in [4.69, 9.17) is 0 Å². The summed E-state index contributed by atoms with van der Waals surface area (Å²) in [6, 6.07) is 0. The Bertz CT molecular complexity index is 649.